The van der Waals surface area contributed by atoms with Gasteiger partial charge in [0.05, 0.1) is 6.10 Å². The Bertz CT molecular complexity index is 342. The molecule has 1 aromatic carbocycles. The molecular formula is C12H19BrN2O. The van der Waals surface area contributed by atoms with Gasteiger partial charge < -0.3 is 15.7 Å². The van der Waals surface area contributed by atoms with Crippen molar-refractivity contribution in [1.29, 1.82) is 0 Å². The van der Waals surface area contributed by atoms with Crippen molar-refractivity contribution in [2.45, 2.75) is 26.0 Å². The first-order valence-corrected chi connectivity index (χ1v) is 6.21. The fourth-order valence-corrected chi connectivity index (χ4v) is 2.00. The standard InChI is InChI=1S/C12H19BrN2O/c1-9(16)5-6-15(2)12-4-3-11(13)7-10(12)8-14/h3-4,7,9,16H,5-6,8,14H2,1-2H3. The van der Waals surface area contributed by atoms with Gasteiger partial charge in [0.15, 0.2) is 0 Å². The average molecular weight is 287 g/mol. The second kappa shape index (κ2) is 6.23. The number of rotatable bonds is 5. The van der Waals surface area contributed by atoms with E-state index >= 15 is 0 Å². The van der Waals surface area contributed by atoms with Crippen molar-refractivity contribution in [2.75, 3.05) is 18.5 Å². The minimum atomic E-state index is -0.265. The van der Waals surface area contributed by atoms with Crippen LogP contribution in [0.25, 0.3) is 0 Å². The molecule has 0 saturated carbocycles. The quantitative estimate of drug-likeness (QED) is 0.872. The zero-order chi connectivity index (χ0) is 12.1. The molecule has 90 valence electrons. The van der Waals surface area contributed by atoms with E-state index in [2.05, 4.69) is 20.8 Å². The number of hydrogen-bond donors (Lipinski definition) is 2. The van der Waals surface area contributed by atoms with Gasteiger partial charge in [-0.3, -0.25) is 0 Å². The molecule has 3 N–H and O–H groups in total. The Kier molecular flexibility index (Phi) is 5.25. The number of halogens is 1. The number of aliphatic hydroxyl groups excluding tert-OH is 1. The summed E-state index contributed by atoms with van der Waals surface area (Å²) in [6.07, 6.45) is 0.496. The van der Waals surface area contributed by atoms with E-state index in [0.29, 0.717) is 6.54 Å². The summed E-state index contributed by atoms with van der Waals surface area (Å²) >= 11 is 3.43. The summed E-state index contributed by atoms with van der Waals surface area (Å²) < 4.78 is 1.04. The Hall–Kier alpha value is -0.580. The van der Waals surface area contributed by atoms with E-state index in [1.165, 1.54) is 0 Å². The third-order valence-corrected chi connectivity index (χ3v) is 3.05. The van der Waals surface area contributed by atoms with Gasteiger partial charge in [-0.25, -0.2) is 0 Å². The first kappa shape index (κ1) is 13.5. The molecule has 0 bridgehead atoms. The van der Waals surface area contributed by atoms with Crippen LogP contribution >= 0.6 is 15.9 Å². The van der Waals surface area contributed by atoms with Crippen LogP contribution in [0.5, 0.6) is 0 Å². The normalized spacial score (nSPS) is 12.6. The summed E-state index contributed by atoms with van der Waals surface area (Å²) in [4.78, 5) is 2.13. The minimum Gasteiger partial charge on any atom is -0.393 e. The maximum atomic E-state index is 9.26. The Balaban J connectivity index is 2.77. The number of anilines is 1. The summed E-state index contributed by atoms with van der Waals surface area (Å²) in [5.41, 5.74) is 7.96. The Labute approximate surface area is 105 Å². The number of hydrogen-bond acceptors (Lipinski definition) is 3. The van der Waals surface area contributed by atoms with Gasteiger partial charge in [0, 0.05) is 30.3 Å². The fraction of sp³-hybridized carbons (Fsp3) is 0.500. The SMILES string of the molecule is CC(O)CCN(C)c1ccc(Br)cc1CN. The highest BCUT2D eigenvalue weighted by Gasteiger charge is 2.07. The lowest BCUT2D eigenvalue weighted by Crippen LogP contribution is -2.23. The lowest BCUT2D eigenvalue weighted by atomic mass is 10.1. The second-order valence-corrected chi connectivity index (χ2v) is 4.95. The predicted octanol–water partition coefficient (Wildman–Crippen LogP) is 2.11. The largest absolute Gasteiger partial charge is 0.393 e. The number of aliphatic hydroxyl groups is 1. The minimum absolute atomic E-state index is 0.265. The van der Waals surface area contributed by atoms with Gasteiger partial charge in [0.2, 0.25) is 0 Å². The molecule has 1 unspecified atom stereocenters. The molecule has 0 fully saturated rings. The van der Waals surface area contributed by atoms with Gasteiger partial charge in [-0.2, -0.15) is 0 Å². The van der Waals surface area contributed by atoms with E-state index in [1.54, 1.807) is 6.92 Å². The van der Waals surface area contributed by atoms with E-state index in [9.17, 15) is 5.11 Å². The predicted molar refractivity (Wildman–Crippen MR) is 71.6 cm³/mol. The molecule has 1 rings (SSSR count). The summed E-state index contributed by atoms with van der Waals surface area (Å²) in [6, 6.07) is 6.09. The summed E-state index contributed by atoms with van der Waals surface area (Å²) in [5, 5.41) is 9.26. The average Bonchev–Trinajstić information content (AvgIpc) is 2.25. The van der Waals surface area contributed by atoms with Crippen LogP contribution in [0.4, 0.5) is 5.69 Å². The van der Waals surface area contributed by atoms with Gasteiger partial charge in [0.1, 0.15) is 0 Å². The van der Waals surface area contributed by atoms with Gasteiger partial charge in [-0.15, -0.1) is 0 Å². The van der Waals surface area contributed by atoms with Gasteiger partial charge in [0.25, 0.3) is 0 Å². The van der Waals surface area contributed by atoms with E-state index in [4.69, 9.17) is 5.73 Å². The molecule has 3 nitrogen and oxygen atoms in total. The van der Waals surface area contributed by atoms with Crippen molar-refractivity contribution in [2.24, 2.45) is 5.73 Å². The van der Waals surface area contributed by atoms with Crippen molar-refractivity contribution in [3.63, 3.8) is 0 Å². The number of nitrogens with zero attached hydrogens (tertiary/aromatic N) is 1. The second-order valence-electron chi connectivity index (χ2n) is 4.04. The highest BCUT2D eigenvalue weighted by molar-refractivity contribution is 9.10. The number of nitrogens with two attached hydrogens (primary N) is 1. The summed E-state index contributed by atoms with van der Waals surface area (Å²) in [5.74, 6) is 0. The molecule has 0 aliphatic carbocycles. The van der Waals surface area contributed by atoms with Crippen LogP contribution in [0, 0.1) is 0 Å². The van der Waals surface area contributed by atoms with Crippen LogP contribution in [0.15, 0.2) is 22.7 Å². The van der Waals surface area contributed by atoms with Crippen LogP contribution in [0.1, 0.15) is 18.9 Å². The van der Waals surface area contributed by atoms with E-state index in [1.807, 2.05) is 25.2 Å². The van der Waals surface area contributed by atoms with Crippen LogP contribution < -0.4 is 10.6 Å². The molecule has 0 aromatic heterocycles. The zero-order valence-corrected chi connectivity index (χ0v) is 11.4. The van der Waals surface area contributed by atoms with Gasteiger partial charge in [-0.05, 0) is 37.1 Å². The fourth-order valence-electron chi connectivity index (χ4n) is 1.59. The first-order valence-electron chi connectivity index (χ1n) is 5.42. The van der Waals surface area contributed by atoms with E-state index < -0.39 is 0 Å². The number of benzene rings is 1. The Morgan fingerprint density at radius 1 is 1.50 bits per heavy atom. The molecule has 16 heavy (non-hydrogen) atoms. The highest BCUT2D eigenvalue weighted by Crippen LogP contribution is 2.23. The molecule has 0 heterocycles. The molecule has 0 radical (unpaired) electrons. The Morgan fingerprint density at radius 3 is 2.75 bits per heavy atom. The van der Waals surface area contributed by atoms with E-state index in [-0.39, 0.29) is 6.10 Å². The molecule has 1 atom stereocenters. The van der Waals surface area contributed by atoms with Crippen LogP contribution in [-0.2, 0) is 6.54 Å². The molecule has 4 heteroatoms. The van der Waals surface area contributed by atoms with Crippen LogP contribution in [0.2, 0.25) is 0 Å². The molecule has 0 amide bonds. The van der Waals surface area contributed by atoms with Crippen molar-refractivity contribution in [3.05, 3.63) is 28.2 Å². The van der Waals surface area contributed by atoms with Gasteiger partial charge >= 0.3 is 0 Å². The lowest BCUT2D eigenvalue weighted by Gasteiger charge is -2.23. The molecule has 0 aliphatic rings. The lowest BCUT2D eigenvalue weighted by molar-refractivity contribution is 0.187. The molecule has 0 spiro atoms. The molecule has 1 aromatic rings. The van der Waals surface area contributed by atoms with Crippen molar-refractivity contribution in [1.82, 2.24) is 0 Å². The third-order valence-electron chi connectivity index (χ3n) is 2.55. The monoisotopic (exact) mass is 286 g/mol. The summed E-state index contributed by atoms with van der Waals surface area (Å²) in [6.45, 7) is 3.15. The molecule has 0 saturated heterocycles. The van der Waals surface area contributed by atoms with Gasteiger partial charge in [-0.1, -0.05) is 15.9 Å². The van der Waals surface area contributed by atoms with Crippen molar-refractivity contribution >= 4 is 21.6 Å². The molecular weight excluding hydrogens is 268 g/mol. The summed E-state index contributed by atoms with van der Waals surface area (Å²) in [7, 11) is 2.02. The van der Waals surface area contributed by atoms with Crippen molar-refractivity contribution in [3.8, 4) is 0 Å². The van der Waals surface area contributed by atoms with Crippen LogP contribution in [-0.4, -0.2) is 24.8 Å². The Morgan fingerprint density at radius 2 is 2.19 bits per heavy atom. The maximum Gasteiger partial charge on any atom is 0.0528 e. The van der Waals surface area contributed by atoms with E-state index in [0.717, 1.165) is 28.7 Å². The topological polar surface area (TPSA) is 49.5 Å². The van der Waals surface area contributed by atoms with Crippen LogP contribution in [0.3, 0.4) is 0 Å². The zero-order valence-electron chi connectivity index (χ0n) is 9.78. The van der Waals surface area contributed by atoms with Crippen molar-refractivity contribution < 1.29 is 5.11 Å². The smallest absolute Gasteiger partial charge is 0.0528 e. The first-order chi connectivity index (χ1) is 7.54. The third kappa shape index (κ3) is 3.77. The maximum absolute atomic E-state index is 9.26. The molecule has 0 aliphatic heterocycles. The highest BCUT2D eigenvalue weighted by atomic mass is 79.9.